The third kappa shape index (κ3) is 3.34. The minimum atomic E-state index is 0.155. The number of aromatic nitrogens is 3. The number of aliphatic hydroxyl groups is 1. The van der Waals surface area contributed by atoms with Crippen molar-refractivity contribution < 1.29 is 9.84 Å². The monoisotopic (exact) mass is 389 g/mol. The number of hydrogen-bond acceptors (Lipinski definition) is 4. The number of ether oxygens (including phenoxy) is 1. The molecule has 0 atom stereocenters. The van der Waals surface area contributed by atoms with Gasteiger partial charge in [-0.05, 0) is 50.8 Å². The lowest BCUT2D eigenvalue weighted by Crippen LogP contribution is -1.98. The molecule has 2 rings (SSSR count). The van der Waals surface area contributed by atoms with E-state index >= 15 is 0 Å². The van der Waals surface area contributed by atoms with E-state index in [0.717, 1.165) is 26.1 Å². The van der Waals surface area contributed by atoms with Crippen molar-refractivity contribution in [2.24, 2.45) is 0 Å². The summed E-state index contributed by atoms with van der Waals surface area (Å²) in [4.78, 5) is 0. The van der Waals surface area contributed by atoms with Crippen LogP contribution in [0.3, 0.4) is 0 Å². The van der Waals surface area contributed by atoms with E-state index in [9.17, 15) is 0 Å². The van der Waals surface area contributed by atoms with Crippen molar-refractivity contribution in [3.63, 3.8) is 0 Å². The number of hydrogen-bond donors (Lipinski definition) is 1. The minimum absolute atomic E-state index is 0.155. The molecule has 0 amide bonds. The Morgan fingerprint density at radius 1 is 1.32 bits per heavy atom. The number of nitrogens with zero attached hydrogens (tertiary/aromatic N) is 3. The molecule has 1 heterocycles. The van der Waals surface area contributed by atoms with Crippen LogP contribution in [0.4, 0.5) is 0 Å². The smallest absolute Gasteiger partial charge is 0.135 e. The predicted molar refractivity (Wildman–Crippen MR) is 78.7 cm³/mol. The molecule has 0 saturated heterocycles. The lowest BCUT2D eigenvalue weighted by molar-refractivity contribution is 0.288. The highest BCUT2D eigenvalue weighted by molar-refractivity contribution is 9.11. The Hall–Kier alpha value is -0.920. The van der Waals surface area contributed by atoms with Gasteiger partial charge in [0.1, 0.15) is 5.75 Å². The number of aliphatic hydroxyl groups excluding tert-OH is 1. The van der Waals surface area contributed by atoms with Crippen molar-refractivity contribution >= 4 is 31.9 Å². The maximum atomic E-state index is 8.81. The van der Waals surface area contributed by atoms with Gasteiger partial charge in [0.25, 0.3) is 0 Å². The molecule has 0 saturated carbocycles. The van der Waals surface area contributed by atoms with Crippen LogP contribution in [-0.4, -0.2) is 33.8 Å². The lowest BCUT2D eigenvalue weighted by Gasteiger charge is -2.08. The molecular formula is C12H13Br2N3O2. The van der Waals surface area contributed by atoms with Gasteiger partial charge in [0.2, 0.25) is 0 Å². The molecule has 0 aliphatic rings. The van der Waals surface area contributed by atoms with E-state index in [-0.39, 0.29) is 6.61 Å². The lowest BCUT2D eigenvalue weighted by atomic mass is 10.2. The van der Waals surface area contributed by atoms with Crippen LogP contribution in [-0.2, 0) is 6.42 Å². The van der Waals surface area contributed by atoms with Gasteiger partial charge in [-0.25, -0.2) is 4.68 Å². The first-order valence-electron chi connectivity index (χ1n) is 5.71. The molecule has 7 heteroatoms. The number of halogens is 2. The van der Waals surface area contributed by atoms with Gasteiger partial charge in [-0.15, -0.1) is 5.10 Å². The van der Waals surface area contributed by atoms with Crippen molar-refractivity contribution in [1.82, 2.24) is 15.0 Å². The van der Waals surface area contributed by atoms with E-state index in [1.807, 2.05) is 18.3 Å². The first-order chi connectivity index (χ1) is 9.15. The molecule has 0 fully saturated rings. The average Bonchev–Trinajstić information content (AvgIpc) is 2.85. The first kappa shape index (κ1) is 14.5. The summed E-state index contributed by atoms with van der Waals surface area (Å²) in [5.74, 6) is 0.727. The third-order valence-corrected chi connectivity index (χ3v) is 3.85. The van der Waals surface area contributed by atoms with Gasteiger partial charge in [0, 0.05) is 17.1 Å². The molecule has 0 unspecified atom stereocenters. The predicted octanol–water partition coefficient (Wildman–Crippen LogP) is 2.73. The quantitative estimate of drug-likeness (QED) is 0.852. The van der Waals surface area contributed by atoms with Gasteiger partial charge in [-0.3, -0.25) is 0 Å². The molecule has 0 aliphatic carbocycles. The number of aryl methyl sites for hydroxylation is 1. The minimum Gasteiger partial charge on any atom is -0.495 e. The maximum Gasteiger partial charge on any atom is 0.135 e. The molecule has 0 radical (unpaired) electrons. The third-order valence-electron chi connectivity index (χ3n) is 2.60. The van der Waals surface area contributed by atoms with Gasteiger partial charge in [-0.1, -0.05) is 5.21 Å². The fraction of sp³-hybridized carbons (Fsp3) is 0.333. The van der Waals surface area contributed by atoms with Gasteiger partial charge < -0.3 is 9.84 Å². The van der Waals surface area contributed by atoms with Gasteiger partial charge in [0.15, 0.2) is 0 Å². The molecule has 0 aliphatic heterocycles. The van der Waals surface area contributed by atoms with E-state index in [2.05, 4.69) is 42.2 Å². The first-order valence-corrected chi connectivity index (χ1v) is 7.29. The molecule has 1 aromatic heterocycles. The second-order valence-electron chi connectivity index (χ2n) is 3.92. The van der Waals surface area contributed by atoms with Crippen LogP contribution in [0.5, 0.6) is 5.75 Å². The Labute approximate surface area is 127 Å². The Balaban J connectivity index is 2.33. The zero-order valence-electron chi connectivity index (χ0n) is 10.3. The fourth-order valence-corrected chi connectivity index (χ4v) is 2.98. The summed E-state index contributed by atoms with van der Waals surface area (Å²) >= 11 is 6.92. The van der Waals surface area contributed by atoms with Crippen molar-refractivity contribution in [3.8, 4) is 11.4 Å². The zero-order valence-corrected chi connectivity index (χ0v) is 13.5. The van der Waals surface area contributed by atoms with Gasteiger partial charge >= 0.3 is 0 Å². The van der Waals surface area contributed by atoms with E-state index in [0.29, 0.717) is 12.8 Å². The molecule has 5 nitrogen and oxygen atoms in total. The number of rotatable bonds is 5. The Morgan fingerprint density at radius 2 is 2.11 bits per heavy atom. The Morgan fingerprint density at radius 3 is 2.79 bits per heavy atom. The van der Waals surface area contributed by atoms with Crippen LogP contribution in [0.15, 0.2) is 27.3 Å². The molecule has 1 N–H and O–H groups in total. The summed E-state index contributed by atoms with van der Waals surface area (Å²) in [5.41, 5.74) is 1.70. The number of methoxy groups -OCH3 is 1. The molecular weight excluding hydrogens is 378 g/mol. The summed E-state index contributed by atoms with van der Waals surface area (Å²) in [6.45, 7) is 0.155. The highest BCUT2D eigenvalue weighted by Crippen LogP contribution is 2.33. The Bertz CT molecular complexity index is 572. The second kappa shape index (κ2) is 6.49. The molecule has 1 aromatic carbocycles. The van der Waals surface area contributed by atoms with Crippen LogP contribution in [0, 0.1) is 0 Å². The van der Waals surface area contributed by atoms with Crippen molar-refractivity contribution in [2.75, 3.05) is 13.7 Å². The Kier molecular flexibility index (Phi) is 4.95. The topological polar surface area (TPSA) is 60.2 Å². The van der Waals surface area contributed by atoms with Crippen LogP contribution < -0.4 is 4.74 Å². The molecule has 0 spiro atoms. The van der Waals surface area contributed by atoms with Crippen LogP contribution in [0.25, 0.3) is 5.69 Å². The second-order valence-corrected chi connectivity index (χ2v) is 5.63. The molecule has 102 valence electrons. The average molecular weight is 391 g/mol. The normalized spacial score (nSPS) is 10.7. The summed E-state index contributed by atoms with van der Waals surface area (Å²) < 4.78 is 8.71. The SMILES string of the molecule is COc1cc(-n2cc(CCCO)nn2)c(Br)cc1Br. The van der Waals surface area contributed by atoms with Crippen LogP contribution >= 0.6 is 31.9 Å². The summed E-state index contributed by atoms with van der Waals surface area (Å²) in [6, 6.07) is 3.78. The highest BCUT2D eigenvalue weighted by Gasteiger charge is 2.11. The summed E-state index contributed by atoms with van der Waals surface area (Å²) in [5, 5.41) is 17.0. The van der Waals surface area contributed by atoms with Crippen molar-refractivity contribution in [2.45, 2.75) is 12.8 Å². The van der Waals surface area contributed by atoms with Gasteiger partial charge in [0.05, 0.1) is 29.2 Å². The number of benzene rings is 1. The maximum absolute atomic E-state index is 8.81. The van der Waals surface area contributed by atoms with Crippen LogP contribution in [0.2, 0.25) is 0 Å². The molecule has 2 aromatic rings. The fourth-order valence-electron chi connectivity index (χ4n) is 1.64. The van der Waals surface area contributed by atoms with E-state index in [1.54, 1.807) is 11.8 Å². The zero-order chi connectivity index (χ0) is 13.8. The van der Waals surface area contributed by atoms with Crippen molar-refractivity contribution in [3.05, 3.63) is 33.0 Å². The molecule has 19 heavy (non-hydrogen) atoms. The summed E-state index contributed by atoms with van der Waals surface area (Å²) in [6.07, 6.45) is 3.24. The highest BCUT2D eigenvalue weighted by atomic mass is 79.9. The standard InChI is InChI=1S/C12H13Br2N3O2/c1-19-12-6-11(9(13)5-10(12)14)17-7-8(15-16-17)3-2-4-18/h5-7,18H,2-4H2,1H3. The van der Waals surface area contributed by atoms with E-state index in [1.165, 1.54) is 0 Å². The van der Waals surface area contributed by atoms with E-state index in [4.69, 9.17) is 9.84 Å². The summed E-state index contributed by atoms with van der Waals surface area (Å²) in [7, 11) is 1.62. The molecule has 0 bridgehead atoms. The van der Waals surface area contributed by atoms with Crippen LogP contribution in [0.1, 0.15) is 12.1 Å². The largest absolute Gasteiger partial charge is 0.495 e. The van der Waals surface area contributed by atoms with Crippen molar-refractivity contribution in [1.29, 1.82) is 0 Å². The van der Waals surface area contributed by atoms with Gasteiger partial charge in [-0.2, -0.15) is 0 Å². The van der Waals surface area contributed by atoms with E-state index < -0.39 is 0 Å².